The van der Waals surface area contributed by atoms with E-state index < -0.39 is 0 Å². The molecule has 3 aromatic carbocycles. The molecule has 0 saturated carbocycles. The zero-order chi connectivity index (χ0) is 21.4. The number of pyridine rings is 1. The Morgan fingerprint density at radius 3 is 2.65 bits per heavy atom. The predicted octanol–water partition coefficient (Wildman–Crippen LogP) is 6.33. The number of aryl methyl sites for hydroxylation is 3. The highest BCUT2D eigenvalue weighted by atomic mass is 16.1. The first-order valence-corrected chi connectivity index (χ1v) is 11.0. The van der Waals surface area contributed by atoms with Gasteiger partial charge in [-0.1, -0.05) is 66.2 Å². The van der Waals surface area contributed by atoms with Crippen molar-refractivity contribution < 1.29 is 4.79 Å². The minimum atomic E-state index is -0.0358. The van der Waals surface area contributed by atoms with Crippen LogP contribution < -0.4 is 5.32 Å². The lowest BCUT2D eigenvalue weighted by molar-refractivity contribution is 0.0934. The fraction of sp³-hybridized carbons (Fsp3) is 0.214. The monoisotopic (exact) mass is 406 g/mol. The Hall–Kier alpha value is -3.46. The summed E-state index contributed by atoms with van der Waals surface area (Å²) in [6, 6.07) is 24.7. The Kier molecular flexibility index (Phi) is 5.03. The molecule has 1 amide bonds. The van der Waals surface area contributed by atoms with Crippen LogP contribution in [0.1, 0.15) is 51.5 Å². The molecule has 0 unspecified atom stereocenters. The third kappa shape index (κ3) is 3.72. The molecular weight excluding hydrogens is 380 g/mol. The van der Waals surface area contributed by atoms with Crippen molar-refractivity contribution in [2.75, 3.05) is 0 Å². The van der Waals surface area contributed by atoms with Gasteiger partial charge in [0.2, 0.25) is 0 Å². The summed E-state index contributed by atoms with van der Waals surface area (Å²) >= 11 is 0. The number of hydrogen-bond acceptors (Lipinski definition) is 2. The van der Waals surface area contributed by atoms with Gasteiger partial charge in [0.05, 0.1) is 22.8 Å². The Morgan fingerprint density at radius 2 is 1.77 bits per heavy atom. The third-order valence-corrected chi connectivity index (χ3v) is 6.29. The maximum Gasteiger partial charge on any atom is 0.252 e. The number of benzene rings is 3. The van der Waals surface area contributed by atoms with Crippen LogP contribution in [0.15, 0.2) is 72.8 Å². The maximum atomic E-state index is 13.5. The van der Waals surface area contributed by atoms with Crippen LogP contribution in [0, 0.1) is 13.8 Å². The van der Waals surface area contributed by atoms with E-state index in [0.717, 1.165) is 47.0 Å². The number of carbonyl (C=O) groups excluding carboxylic acids is 1. The van der Waals surface area contributed by atoms with Crippen LogP contribution in [-0.2, 0) is 6.42 Å². The van der Waals surface area contributed by atoms with Gasteiger partial charge in [-0.3, -0.25) is 4.79 Å². The average Bonchev–Trinajstić information content (AvgIpc) is 2.78. The predicted molar refractivity (Wildman–Crippen MR) is 126 cm³/mol. The summed E-state index contributed by atoms with van der Waals surface area (Å²) in [5.41, 5.74) is 8.40. The zero-order valence-electron chi connectivity index (χ0n) is 18.0. The van der Waals surface area contributed by atoms with Crippen molar-refractivity contribution in [3.8, 4) is 11.3 Å². The lowest BCUT2D eigenvalue weighted by Crippen LogP contribution is -2.31. The van der Waals surface area contributed by atoms with Crippen molar-refractivity contribution in [1.82, 2.24) is 10.3 Å². The van der Waals surface area contributed by atoms with Gasteiger partial charge in [0.15, 0.2) is 0 Å². The first-order chi connectivity index (χ1) is 15.1. The van der Waals surface area contributed by atoms with Crippen LogP contribution in [0.25, 0.3) is 22.2 Å². The Bertz CT molecular complexity index is 1290. The fourth-order valence-electron chi connectivity index (χ4n) is 4.74. The minimum Gasteiger partial charge on any atom is -0.345 e. The highest BCUT2D eigenvalue weighted by molar-refractivity contribution is 6.07. The molecule has 3 heteroatoms. The van der Waals surface area contributed by atoms with E-state index in [1.54, 1.807) is 0 Å². The molecule has 1 heterocycles. The Morgan fingerprint density at radius 1 is 0.968 bits per heavy atom. The largest absolute Gasteiger partial charge is 0.345 e. The molecule has 0 fully saturated rings. The SMILES string of the molecule is Cc1ccc(-c2cc(C(=O)N[C@H]3CCCc4ccccc43)c3ccccc3n2)c(C)c1. The molecule has 4 aromatic rings. The summed E-state index contributed by atoms with van der Waals surface area (Å²) < 4.78 is 0. The average molecular weight is 407 g/mol. The van der Waals surface area contributed by atoms with Gasteiger partial charge in [0.25, 0.3) is 5.91 Å². The number of rotatable bonds is 3. The van der Waals surface area contributed by atoms with Gasteiger partial charge in [0, 0.05) is 10.9 Å². The van der Waals surface area contributed by atoms with Crippen molar-refractivity contribution >= 4 is 16.8 Å². The standard InChI is InChI=1S/C28H26N2O/c1-18-14-15-21(19(2)16-18)27-17-24(23-11-5-6-12-26(23)29-27)28(31)30-25-13-7-9-20-8-3-4-10-22(20)25/h3-6,8,10-12,14-17,25H,7,9,13H2,1-2H3,(H,30,31)/t25-/m0/s1. The van der Waals surface area contributed by atoms with Crippen LogP contribution in [0.2, 0.25) is 0 Å². The van der Waals surface area contributed by atoms with Crippen molar-refractivity contribution in [2.24, 2.45) is 0 Å². The van der Waals surface area contributed by atoms with Crippen LogP contribution >= 0.6 is 0 Å². The van der Waals surface area contributed by atoms with Crippen LogP contribution in [0.5, 0.6) is 0 Å². The van der Waals surface area contributed by atoms with E-state index in [-0.39, 0.29) is 11.9 Å². The first kappa shape index (κ1) is 19.5. The smallest absolute Gasteiger partial charge is 0.252 e. The van der Waals surface area contributed by atoms with Gasteiger partial charge in [-0.25, -0.2) is 4.98 Å². The molecule has 0 bridgehead atoms. The fourth-order valence-corrected chi connectivity index (χ4v) is 4.74. The van der Waals surface area contributed by atoms with Crippen LogP contribution in [-0.4, -0.2) is 10.9 Å². The molecule has 154 valence electrons. The van der Waals surface area contributed by atoms with Gasteiger partial charge in [-0.2, -0.15) is 0 Å². The molecule has 0 saturated heterocycles. The summed E-state index contributed by atoms with van der Waals surface area (Å²) in [5, 5.41) is 4.21. The number of para-hydroxylation sites is 1. The number of nitrogens with zero attached hydrogens (tertiary/aromatic N) is 1. The van der Waals surface area contributed by atoms with Gasteiger partial charge < -0.3 is 5.32 Å². The van der Waals surface area contributed by atoms with Gasteiger partial charge in [-0.15, -0.1) is 0 Å². The summed E-state index contributed by atoms with van der Waals surface area (Å²) in [6.45, 7) is 4.18. The highest BCUT2D eigenvalue weighted by Crippen LogP contribution is 2.31. The van der Waals surface area contributed by atoms with Crippen LogP contribution in [0.3, 0.4) is 0 Å². The normalized spacial score (nSPS) is 15.5. The second kappa shape index (κ2) is 7.99. The van der Waals surface area contributed by atoms with Crippen LogP contribution in [0.4, 0.5) is 0 Å². The Labute approximate surface area is 183 Å². The third-order valence-electron chi connectivity index (χ3n) is 6.29. The van der Waals surface area contributed by atoms with Crippen molar-refractivity contribution in [1.29, 1.82) is 0 Å². The molecule has 31 heavy (non-hydrogen) atoms. The molecule has 3 nitrogen and oxygen atoms in total. The molecule has 0 aliphatic heterocycles. The van der Waals surface area contributed by atoms with Gasteiger partial charge in [-0.05, 0) is 61.9 Å². The molecular formula is C28H26N2O. The molecule has 1 N–H and O–H groups in total. The molecule has 5 rings (SSSR count). The number of nitrogens with one attached hydrogen (secondary N) is 1. The number of carbonyl (C=O) groups is 1. The second-order valence-electron chi connectivity index (χ2n) is 8.51. The zero-order valence-corrected chi connectivity index (χ0v) is 18.0. The number of amides is 1. The van der Waals surface area contributed by atoms with E-state index in [1.807, 2.05) is 30.3 Å². The molecule has 1 atom stereocenters. The van der Waals surface area contributed by atoms with Gasteiger partial charge in [0.1, 0.15) is 0 Å². The molecule has 0 radical (unpaired) electrons. The van der Waals surface area contributed by atoms with E-state index in [4.69, 9.17) is 4.98 Å². The van der Waals surface area contributed by atoms with E-state index in [9.17, 15) is 4.79 Å². The first-order valence-electron chi connectivity index (χ1n) is 11.0. The summed E-state index contributed by atoms with van der Waals surface area (Å²) in [6.07, 6.45) is 3.14. The Balaban J connectivity index is 1.57. The number of aromatic nitrogens is 1. The van der Waals surface area contributed by atoms with E-state index in [2.05, 4.69) is 61.6 Å². The summed E-state index contributed by atoms with van der Waals surface area (Å²) in [4.78, 5) is 18.4. The number of fused-ring (bicyclic) bond motifs is 2. The van der Waals surface area contributed by atoms with Crippen molar-refractivity contribution in [3.63, 3.8) is 0 Å². The number of hydrogen-bond donors (Lipinski definition) is 1. The molecule has 1 aliphatic rings. The van der Waals surface area contributed by atoms with E-state index in [1.165, 1.54) is 16.7 Å². The minimum absolute atomic E-state index is 0.0358. The maximum absolute atomic E-state index is 13.5. The van der Waals surface area contributed by atoms with E-state index in [0.29, 0.717) is 5.56 Å². The summed E-state index contributed by atoms with van der Waals surface area (Å²) in [7, 11) is 0. The van der Waals surface area contributed by atoms with Crippen molar-refractivity contribution in [3.05, 3.63) is 101 Å². The second-order valence-corrected chi connectivity index (χ2v) is 8.51. The quantitative estimate of drug-likeness (QED) is 0.432. The highest BCUT2D eigenvalue weighted by Gasteiger charge is 2.23. The van der Waals surface area contributed by atoms with E-state index >= 15 is 0 Å². The topological polar surface area (TPSA) is 42.0 Å². The summed E-state index contributed by atoms with van der Waals surface area (Å²) in [5.74, 6) is -0.0358. The molecule has 1 aromatic heterocycles. The lowest BCUT2D eigenvalue weighted by atomic mass is 9.87. The lowest BCUT2D eigenvalue weighted by Gasteiger charge is -2.26. The molecule has 0 spiro atoms. The molecule has 1 aliphatic carbocycles. The van der Waals surface area contributed by atoms with Gasteiger partial charge >= 0.3 is 0 Å². The van der Waals surface area contributed by atoms with Crippen molar-refractivity contribution in [2.45, 2.75) is 39.2 Å².